The number of aromatic amines is 1. The van der Waals surface area contributed by atoms with Crippen LogP contribution in [0.2, 0.25) is 0 Å². The molecule has 0 spiro atoms. The Morgan fingerprint density at radius 2 is 2.09 bits per heavy atom. The molecular formula is C16H19N3O3. The molecule has 2 aromatic rings. The molecule has 1 heterocycles. The number of aromatic nitrogens is 2. The quantitative estimate of drug-likeness (QED) is 0.598. The lowest BCUT2D eigenvalue weighted by molar-refractivity contribution is 0.0706. The van der Waals surface area contributed by atoms with Gasteiger partial charge in [0, 0.05) is 12.0 Å². The van der Waals surface area contributed by atoms with E-state index < -0.39 is 5.91 Å². The smallest absolute Gasteiger partial charge is 0.274 e. The summed E-state index contributed by atoms with van der Waals surface area (Å²) >= 11 is 0. The lowest BCUT2D eigenvalue weighted by Crippen LogP contribution is -2.20. The number of H-pyrrole nitrogens is 1. The summed E-state index contributed by atoms with van der Waals surface area (Å²) in [6, 6.07) is 4.57. The lowest BCUT2D eigenvalue weighted by atomic mass is 9.87. The average Bonchev–Trinajstić information content (AvgIpc) is 2.54. The van der Waals surface area contributed by atoms with Crippen LogP contribution in [-0.4, -0.2) is 21.1 Å². The number of carbonyl (C=O) groups is 1. The van der Waals surface area contributed by atoms with Crippen molar-refractivity contribution in [3.63, 3.8) is 0 Å². The first-order chi connectivity index (χ1) is 10.7. The minimum Gasteiger partial charge on any atom is -0.310 e. The maximum Gasteiger partial charge on any atom is 0.274 e. The van der Waals surface area contributed by atoms with Crippen LogP contribution in [0.25, 0.3) is 10.9 Å². The Hall–Kier alpha value is -2.21. The summed E-state index contributed by atoms with van der Waals surface area (Å²) in [4.78, 5) is 30.9. The van der Waals surface area contributed by atoms with Gasteiger partial charge in [-0.15, -0.1) is 0 Å². The number of amides is 1. The summed E-state index contributed by atoms with van der Waals surface area (Å²) in [7, 11) is 0. The van der Waals surface area contributed by atoms with Crippen LogP contribution in [0.1, 0.15) is 48.3 Å². The number of carbonyl (C=O) groups excluding carboxylic acids is 1. The third kappa shape index (κ3) is 3.01. The van der Waals surface area contributed by atoms with Crippen molar-refractivity contribution in [3.05, 3.63) is 39.9 Å². The predicted molar refractivity (Wildman–Crippen MR) is 81.9 cm³/mol. The molecule has 1 fully saturated rings. The zero-order chi connectivity index (χ0) is 15.5. The first kappa shape index (κ1) is 14.7. The molecule has 6 nitrogen and oxygen atoms in total. The molecule has 0 atom stereocenters. The van der Waals surface area contributed by atoms with Gasteiger partial charge < -0.3 is 4.98 Å². The van der Waals surface area contributed by atoms with Gasteiger partial charge in [-0.05, 0) is 24.1 Å². The normalized spacial score (nSPS) is 15.9. The highest BCUT2D eigenvalue weighted by Gasteiger charge is 2.16. The summed E-state index contributed by atoms with van der Waals surface area (Å²) < 4.78 is 0. The van der Waals surface area contributed by atoms with Gasteiger partial charge in [0.1, 0.15) is 5.82 Å². The van der Waals surface area contributed by atoms with Crippen molar-refractivity contribution in [1.29, 1.82) is 0 Å². The highest BCUT2D eigenvalue weighted by atomic mass is 16.5. The van der Waals surface area contributed by atoms with Gasteiger partial charge in [-0.2, -0.15) is 0 Å². The fourth-order valence-corrected chi connectivity index (χ4v) is 3.16. The van der Waals surface area contributed by atoms with E-state index in [1.54, 1.807) is 11.5 Å². The Labute approximate surface area is 127 Å². The summed E-state index contributed by atoms with van der Waals surface area (Å²) in [6.07, 6.45) is 6.88. The second-order valence-electron chi connectivity index (χ2n) is 5.89. The van der Waals surface area contributed by atoms with E-state index in [1.807, 2.05) is 0 Å². The molecule has 3 rings (SSSR count). The second-order valence-corrected chi connectivity index (χ2v) is 5.89. The second kappa shape index (κ2) is 6.27. The molecule has 0 saturated heterocycles. The third-order valence-electron chi connectivity index (χ3n) is 4.33. The SMILES string of the molecule is O=C(NO)c1ccc2c(=O)[nH]c(CC3CCCCC3)nc2c1. The van der Waals surface area contributed by atoms with Crippen molar-refractivity contribution >= 4 is 16.8 Å². The molecule has 116 valence electrons. The maximum absolute atomic E-state index is 12.1. The molecule has 1 aliphatic carbocycles. The number of rotatable bonds is 3. The Morgan fingerprint density at radius 1 is 1.32 bits per heavy atom. The zero-order valence-electron chi connectivity index (χ0n) is 12.3. The first-order valence-electron chi connectivity index (χ1n) is 7.65. The molecule has 22 heavy (non-hydrogen) atoms. The van der Waals surface area contributed by atoms with Crippen LogP contribution in [0.15, 0.2) is 23.0 Å². The number of fused-ring (bicyclic) bond motifs is 1. The number of hydroxylamine groups is 1. The number of hydrogen-bond acceptors (Lipinski definition) is 4. The van der Waals surface area contributed by atoms with Crippen LogP contribution in [0.5, 0.6) is 0 Å². The fourth-order valence-electron chi connectivity index (χ4n) is 3.16. The van der Waals surface area contributed by atoms with Crippen LogP contribution in [0.3, 0.4) is 0 Å². The molecule has 0 radical (unpaired) electrons. The van der Waals surface area contributed by atoms with Crippen molar-refractivity contribution in [3.8, 4) is 0 Å². The van der Waals surface area contributed by atoms with Crippen LogP contribution in [0, 0.1) is 5.92 Å². The topological polar surface area (TPSA) is 95.1 Å². The van der Waals surface area contributed by atoms with E-state index >= 15 is 0 Å². The number of nitrogens with one attached hydrogen (secondary N) is 2. The van der Waals surface area contributed by atoms with E-state index in [-0.39, 0.29) is 11.1 Å². The third-order valence-corrected chi connectivity index (χ3v) is 4.33. The molecule has 0 unspecified atom stereocenters. The largest absolute Gasteiger partial charge is 0.310 e. The van der Waals surface area contributed by atoms with Crippen LogP contribution >= 0.6 is 0 Å². The van der Waals surface area contributed by atoms with Crippen molar-refractivity contribution in [1.82, 2.24) is 15.4 Å². The summed E-state index contributed by atoms with van der Waals surface area (Å²) in [5.41, 5.74) is 2.16. The number of benzene rings is 1. The van der Waals surface area contributed by atoms with Crippen LogP contribution in [0.4, 0.5) is 0 Å². The average molecular weight is 301 g/mol. The van der Waals surface area contributed by atoms with Crippen molar-refractivity contribution in [2.75, 3.05) is 0 Å². The van der Waals surface area contributed by atoms with Gasteiger partial charge in [-0.1, -0.05) is 32.1 Å². The summed E-state index contributed by atoms with van der Waals surface area (Å²) in [5.74, 6) is 0.627. The van der Waals surface area contributed by atoms with Crippen LogP contribution < -0.4 is 11.0 Å². The number of nitrogens with zero attached hydrogens (tertiary/aromatic N) is 1. The maximum atomic E-state index is 12.1. The first-order valence-corrected chi connectivity index (χ1v) is 7.65. The summed E-state index contributed by atoms with van der Waals surface area (Å²) in [6.45, 7) is 0. The lowest BCUT2D eigenvalue weighted by Gasteiger charge is -2.20. The Kier molecular flexibility index (Phi) is 4.20. The van der Waals surface area contributed by atoms with Gasteiger partial charge >= 0.3 is 0 Å². The van der Waals surface area contributed by atoms with Crippen molar-refractivity contribution < 1.29 is 10.0 Å². The van der Waals surface area contributed by atoms with E-state index in [4.69, 9.17) is 5.21 Å². The van der Waals surface area contributed by atoms with Crippen molar-refractivity contribution in [2.24, 2.45) is 5.92 Å². The predicted octanol–water partition coefficient (Wildman–Crippen LogP) is 2.16. The zero-order valence-corrected chi connectivity index (χ0v) is 12.3. The van der Waals surface area contributed by atoms with Gasteiger partial charge in [0.15, 0.2) is 0 Å². The molecule has 1 aromatic heterocycles. The number of hydrogen-bond donors (Lipinski definition) is 3. The van der Waals surface area contributed by atoms with Gasteiger partial charge in [0.2, 0.25) is 0 Å². The van der Waals surface area contributed by atoms with E-state index in [2.05, 4.69) is 9.97 Å². The molecule has 1 saturated carbocycles. The standard InChI is InChI=1S/C16H19N3O3/c20-15(19-22)11-6-7-12-13(9-11)17-14(18-16(12)21)8-10-4-2-1-3-5-10/h6-7,9-10,22H,1-5,8H2,(H,19,20)(H,17,18,21). The Bertz CT molecular complexity index is 748. The van der Waals surface area contributed by atoms with Gasteiger partial charge in [-0.3, -0.25) is 14.8 Å². The van der Waals surface area contributed by atoms with E-state index in [9.17, 15) is 9.59 Å². The molecule has 1 aliphatic rings. The highest BCUT2D eigenvalue weighted by molar-refractivity contribution is 5.96. The highest BCUT2D eigenvalue weighted by Crippen LogP contribution is 2.26. The van der Waals surface area contributed by atoms with Gasteiger partial charge in [0.05, 0.1) is 10.9 Å². The van der Waals surface area contributed by atoms with Gasteiger partial charge in [0.25, 0.3) is 11.5 Å². The van der Waals surface area contributed by atoms with Crippen molar-refractivity contribution in [2.45, 2.75) is 38.5 Å². The molecule has 1 aromatic carbocycles. The monoisotopic (exact) mass is 301 g/mol. The van der Waals surface area contributed by atoms with E-state index in [0.29, 0.717) is 22.6 Å². The Morgan fingerprint density at radius 3 is 2.82 bits per heavy atom. The fraction of sp³-hybridized carbons (Fsp3) is 0.438. The minimum atomic E-state index is -0.613. The van der Waals surface area contributed by atoms with E-state index in [1.165, 1.54) is 44.2 Å². The Balaban J connectivity index is 1.94. The summed E-state index contributed by atoms with van der Waals surface area (Å²) in [5, 5.41) is 9.14. The molecule has 1 amide bonds. The molecular weight excluding hydrogens is 282 g/mol. The molecule has 0 aliphatic heterocycles. The van der Waals surface area contributed by atoms with E-state index in [0.717, 1.165) is 6.42 Å². The minimum absolute atomic E-state index is 0.188. The molecule has 6 heteroatoms. The van der Waals surface area contributed by atoms with Gasteiger partial charge in [-0.25, -0.2) is 10.5 Å². The molecule has 0 bridgehead atoms. The van der Waals surface area contributed by atoms with Crippen LogP contribution in [-0.2, 0) is 6.42 Å². The molecule has 3 N–H and O–H groups in total.